The lowest BCUT2D eigenvalue weighted by Crippen LogP contribution is -2.49. The van der Waals surface area contributed by atoms with Gasteiger partial charge in [-0.25, -0.2) is 4.79 Å². The number of ether oxygens (including phenoxy) is 1. The summed E-state index contributed by atoms with van der Waals surface area (Å²) in [7, 11) is 0. The summed E-state index contributed by atoms with van der Waals surface area (Å²) in [5, 5.41) is 9.17. The van der Waals surface area contributed by atoms with Crippen LogP contribution in [0.5, 0.6) is 0 Å². The number of aromatic nitrogens is 3. The summed E-state index contributed by atoms with van der Waals surface area (Å²) < 4.78 is 12.6. The molecule has 1 unspecified atom stereocenters. The van der Waals surface area contributed by atoms with Gasteiger partial charge in [-0.05, 0) is 50.5 Å². The molecule has 4 rings (SSSR count). The number of carbonyl (C=O) groups is 2. The van der Waals surface area contributed by atoms with Crippen LogP contribution in [0.15, 0.2) is 58.3 Å². The molecule has 0 saturated carbocycles. The average Bonchev–Trinajstić information content (AvgIpc) is 3.48. The van der Waals surface area contributed by atoms with Crippen molar-refractivity contribution in [1.29, 1.82) is 0 Å². The molecule has 1 fully saturated rings. The maximum absolute atomic E-state index is 13.0. The smallest absolute Gasteiger partial charge is 0.328 e. The number of likely N-dealkylation sites (tertiary alicyclic amines) is 1. The fourth-order valence-electron chi connectivity index (χ4n) is 3.66. The van der Waals surface area contributed by atoms with Gasteiger partial charge in [0.2, 0.25) is 11.7 Å². The van der Waals surface area contributed by atoms with Gasteiger partial charge in [-0.2, -0.15) is 0 Å². The van der Waals surface area contributed by atoms with E-state index in [9.17, 15) is 9.59 Å². The summed E-state index contributed by atoms with van der Waals surface area (Å²) in [5.41, 5.74) is 0.872. The zero-order chi connectivity index (χ0) is 21.6. The molecular formula is C22H24N4O4S. The predicted octanol–water partition coefficient (Wildman–Crippen LogP) is 3.56. The Kier molecular flexibility index (Phi) is 6.71. The minimum absolute atomic E-state index is 0.107. The van der Waals surface area contributed by atoms with Crippen molar-refractivity contribution in [3.8, 4) is 17.3 Å². The lowest BCUT2D eigenvalue weighted by Gasteiger charge is -2.33. The third-order valence-electron chi connectivity index (χ3n) is 5.10. The van der Waals surface area contributed by atoms with E-state index in [-0.39, 0.29) is 17.6 Å². The summed E-state index contributed by atoms with van der Waals surface area (Å²) in [6.07, 6.45) is 4.02. The summed E-state index contributed by atoms with van der Waals surface area (Å²) in [6.45, 7) is 2.64. The second-order valence-electron chi connectivity index (χ2n) is 7.09. The number of hydrogen-bond donors (Lipinski definition) is 0. The largest absolute Gasteiger partial charge is 0.464 e. The standard InChI is InChI=1S/C22H24N4O4S/c1-2-29-21(28)17-11-6-7-13-25(17)19(27)15-31-22-24-23-20(18-12-8-14-30-18)26(22)16-9-4-3-5-10-16/h3-5,8-10,12,14,17H,2,6-7,11,13,15H2,1H3. The molecule has 1 aliphatic rings. The molecule has 8 nitrogen and oxygen atoms in total. The van der Waals surface area contributed by atoms with Crippen LogP contribution in [0.3, 0.4) is 0 Å². The first-order valence-corrected chi connectivity index (χ1v) is 11.3. The molecule has 31 heavy (non-hydrogen) atoms. The fraction of sp³-hybridized carbons (Fsp3) is 0.364. The Morgan fingerprint density at radius 2 is 2.00 bits per heavy atom. The molecule has 1 aromatic carbocycles. The molecule has 0 radical (unpaired) electrons. The van der Waals surface area contributed by atoms with E-state index in [0.29, 0.717) is 36.3 Å². The van der Waals surface area contributed by atoms with Crippen LogP contribution in [0.2, 0.25) is 0 Å². The topological polar surface area (TPSA) is 90.5 Å². The number of hydrogen-bond acceptors (Lipinski definition) is 7. The van der Waals surface area contributed by atoms with E-state index in [1.165, 1.54) is 11.8 Å². The molecule has 2 aromatic heterocycles. The van der Waals surface area contributed by atoms with Crippen LogP contribution in [-0.4, -0.2) is 56.5 Å². The van der Waals surface area contributed by atoms with Crippen LogP contribution in [0, 0.1) is 0 Å². The van der Waals surface area contributed by atoms with Gasteiger partial charge < -0.3 is 14.1 Å². The van der Waals surface area contributed by atoms with Crippen molar-refractivity contribution in [2.24, 2.45) is 0 Å². The summed E-state index contributed by atoms with van der Waals surface area (Å²) in [5.74, 6) is 0.874. The Balaban J connectivity index is 1.54. The molecule has 0 spiro atoms. The molecule has 9 heteroatoms. The number of nitrogens with zero attached hydrogens (tertiary/aromatic N) is 4. The second-order valence-corrected chi connectivity index (χ2v) is 8.04. The van der Waals surface area contributed by atoms with Crippen molar-refractivity contribution in [2.75, 3.05) is 18.9 Å². The highest BCUT2D eigenvalue weighted by atomic mass is 32.2. The van der Waals surface area contributed by atoms with Crippen LogP contribution in [0.25, 0.3) is 17.3 Å². The lowest BCUT2D eigenvalue weighted by atomic mass is 10.0. The molecule has 0 aliphatic carbocycles. The van der Waals surface area contributed by atoms with Crippen LogP contribution in [0.4, 0.5) is 0 Å². The first-order chi connectivity index (χ1) is 15.2. The van der Waals surface area contributed by atoms with Gasteiger partial charge in [-0.15, -0.1) is 10.2 Å². The van der Waals surface area contributed by atoms with E-state index in [1.807, 2.05) is 41.0 Å². The van der Waals surface area contributed by atoms with E-state index < -0.39 is 6.04 Å². The highest BCUT2D eigenvalue weighted by molar-refractivity contribution is 7.99. The van der Waals surface area contributed by atoms with Gasteiger partial charge in [0.25, 0.3) is 0 Å². The highest BCUT2D eigenvalue weighted by Gasteiger charge is 2.33. The average molecular weight is 441 g/mol. The summed E-state index contributed by atoms with van der Waals surface area (Å²) >= 11 is 1.29. The number of benzene rings is 1. The molecule has 1 atom stereocenters. The van der Waals surface area contributed by atoms with Gasteiger partial charge in [0.1, 0.15) is 6.04 Å². The first-order valence-electron chi connectivity index (χ1n) is 10.3. The zero-order valence-corrected chi connectivity index (χ0v) is 18.1. The Morgan fingerprint density at radius 1 is 1.16 bits per heavy atom. The molecule has 3 aromatic rings. The molecule has 162 valence electrons. The quantitative estimate of drug-likeness (QED) is 0.410. The highest BCUT2D eigenvalue weighted by Crippen LogP contribution is 2.29. The maximum Gasteiger partial charge on any atom is 0.328 e. The normalized spacial score (nSPS) is 16.3. The third kappa shape index (κ3) is 4.66. The second kappa shape index (κ2) is 9.82. The fourth-order valence-corrected chi connectivity index (χ4v) is 4.50. The number of piperidine rings is 1. The maximum atomic E-state index is 13.0. The van der Waals surface area contributed by atoms with Crippen molar-refractivity contribution < 1.29 is 18.7 Å². The summed E-state index contributed by atoms with van der Waals surface area (Å²) in [4.78, 5) is 26.9. The number of esters is 1. The molecule has 1 amide bonds. The van der Waals surface area contributed by atoms with Crippen molar-refractivity contribution in [3.63, 3.8) is 0 Å². The molecule has 3 heterocycles. The SMILES string of the molecule is CCOC(=O)C1CCCCN1C(=O)CSc1nnc(-c2ccco2)n1-c1ccccc1. The number of thioether (sulfide) groups is 1. The minimum Gasteiger partial charge on any atom is -0.464 e. The number of rotatable bonds is 7. The van der Waals surface area contributed by atoms with E-state index in [2.05, 4.69) is 10.2 Å². The molecule has 0 N–H and O–H groups in total. The Bertz CT molecular complexity index is 1020. The number of carbonyl (C=O) groups excluding carboxylic acids is 2. The Labute approximate surface area is 184 Å². The zero-order valence-electron chi connectivity index (χ0n) is 17.3. The van der Waals surface area contributed by atoms with Crippen molar-refractivity contribution >= 4 is 23.6 Å². The molecular weight excluding hydrogens is 416 g/mol. The predicted molar refractivity (Wildman–Crippen MR) is 116 cm³/mol. The van der Waals surface area contributed by atoms with Crippen LogP contribution >= 0.6 is 11.8 Å². The van der Waals surface area contributed by atoms with Gasteiger partial charge in [-0.3, -0.25) is 9.36 Å². The van der Waals surface area contributed by atoms with Crippen LogP contribution in [0.1, 0.15) is 26.2 Å². The van der Waals surface area contributed by atoms with Gasteiger partial charge in [0, 0.05) is 12.2 Å². The van der Waals surface area contributed by atoms with Crippen molar-refractivity contribution in [2.45, 2.75) is 37.4 Å². The van der Waals surface area contributed by atoms with Gasteiger partial charge in [0.05, 0.1) is 18.6 Å². The minimum atomic E-state index is -0.507. The van der Waals surface area contributed by atoms with Crippen LogP contribution < -0.4 is 0 Å². The Hall–Kier alpha value is -3.07. The van der Waals surface area contributed by atoms with Crippen molar-refractivity contribution in [1.82, 2.24) is 19.7 Å². The third-order valence-corrected chi connectivity index (χ3v) is 6.01. The molecule has 0 bridgehead atoms. The number of furan rings is 1. The lowest BCUT2D eigenvalue weighted by molar-refractivity contribution is -0.155. The monoisotopic (exact) mass is 440 g/mol. The van der Waals surface area contributed by atoms with Gasteiger partial charge >= 0.3 is 5.97 Å². The first kappa shape index (κ1) is 21.2. The van der Waals surface area contributed by atoms with Gasteiger partial charge in [-0.1, -0.05) is 30.0 Å². The van der Waals surface area contributed by atoms with Gasteiger partial charge in [0.15, 0.2) is 10.9 Å². The van der Waals surface area contributed by atoms with E-state index >= 15 is 0 Å². The Morgan fingerprint density at radius 3 is 2.74 bits per heavy atom. The van der Waals surface area contributed by atoms with E-state index in [1.54, 1.807) is 24.2 Å². The number of para-hydroxylation sites is 1. The summed E-state index contributed by atoms with van der Waals surface area (Å²) in [6, 6.07) is 12.8. The van der Waals surface area contributed by atoms with E-state index in [0.717, 1.165) is 18.5 Å². The van der Waals surface area contributed by atoms with Crippen molar-refractivity contribution in [3.05, 3.63) is 48.7 Å². The molecule has 1 saturated heterocycles. The number of amides is 1. The van der Waals surface area contributed by atoms with Crippen LogP contribution in [-0.2, 0) is 14.3 Å². The van der Waals surface area contributed by atoms with E-state index in [4.69, 9.17) is 9.15 Å². The molecule has 1 aliphatic heterocycles.